The Labute approximate surface area is 234 Å². The van der Waals surface area contributed by atoms with E-state index in [0.717, 1.165) is 48.3 Å². The van der Waals surface area contributed by atoms with Gasteiger partial charge in [-0.1, -0.05) is 42.5 Å². The van der Waals surface area contributed by atoms with Gasteiger partial charge in [0.1, 0.15) is 11.6 Å². The summed E-state index contributed by atoms with van der Waals surface area (Å²) < 4.78 is 19.9. The minimum absolute atomic E-state index is 0.0137. The molecule has 3 aliphatic heterocycles. The number of aromatic nitrogens is 1. The van der Waals surface area contributed by atoms with E-state index in [1.807, 2.05) is 35.4 Å². The molecule has 40 heavy (non-hydrogen) atoms. The van der Waals surface area contributed by atoms with Crippen LogP contribution in [0.4, 0.5) is 9.18 Å². The zero-order chi connectivity index (χ0) is 27.5. The summed E-state index contributed by atoms with van der Waals surface area (Å²) in [7, 11) is 1.56. The normalized spacial score (nSPS) is 21.1. The number of hydrazine groups is 1. The van der Waals surface area contributed by atoms with Crippen LogP contribution in [-0.2, 0) is 6.54 Å². The van der Waals surface area contributed by atoms with Crippen molar-refractivity contribution in [3.63, 3.8) is 0 Å². The first-order valence-corrected chi connectivity index (χ1v) is 13.9. The van der Waals surface area contributed by atoms with Crippen LogP contribution < -0.4 is 20.9 Å². The number of nitrogens with zero attached hydrogens (tertiary/aromatic N) is 3. The van der Waals surface area contributed by atoms with Crippen molar-refractivity contribution in [1.29, 1.82) is 0 Å². The number of ether oxygens (including phenoxy) is 1. The maximum Gasteiger partial charge on any atom is 0.317 e. The number of hydrogen-bond acceptors (Lipinski definition) is 6. The zero-order valence-electron chi connectivity index (χ0n) is 22.7. The van der Waals surface area contributed by atoms with Crippen LogP contribution in [0.15, 0.2) is 78.1 Å². The molecular formula is C31H35FN6O2. The first-order chi connectivity index (χ1) is 19.6. The number of nitrogens with one attached hydrogen (secondary N) is 3. The molecule has 8 nitrogen and oxygen atoms in total. The monoisotopic (exact) mass is 542 g/mol. The van der Waals surface area contributed by atoms with E-state index >= 15 is 0 Å². The van der Waals surface area contributed by atoms with Gasteiger partial charge in [-0.3, -0.25) is 9.88 Å². The number of urea groups is 1. The lowest BCUT2D eigenvalue weighted by Gasteiger charge is -2.36. The Morgan fingerprint density at radius 1 is 1.12 bits per heavy atom. The maximum atomic E-state index is 14.5. The average molecular weight is 543 g/mol. The zero-order valence-corrected chi connectivity index (χ0v) is 22.7. The standard InChI is InChI=1S/C31H35FN6O2/c1-40-29-11-5-10-26(32)24(29)19-37-15-6-9-23(18-37)34-31(39)38-16-14-28-25(20-38)30(36-35-28)22-12-13-27(33-17-22)21-7-3-2-4-8-21/h2-5,7-8,10-13,17,23,30,35-36H,6,9,14-16,18-20H2,1H3,(H,34,39)/t23-,30?/m1/s1. The lowest BCUT2D eigenvalue weighted by Crippen LogP contribution is -2.52. The highest BCUT2D eigenvalue weighted by atomic mass is 19.1. The number of benzene rings is 2. The van der Waals surface area contributed by atoms with Gasteiger partial charge in [-0.25, -0.2) is 14.6 Å². The Kier molecular flexibility index (Phi) is 7.66. The van der Waals surface area contributed by atoms with E-state index in [1.54, 1.807) is 19.2 Å². The van der Waals surface area contributed by atoms with Gasteiger partial charge in [0.05, 0.1) is 18.8 Å². The van der Waals surface area contributed by atoms with Gasteiger partial charge in [-0.05, 0) is 48.7 Å². The van der Waals surface area contributed by atoms with Crippen molar-refractivity contribution >= 4 is 6.03 Å². The highest BCUT2D eigenvalue weighted by molar-refractivity contribution is 5.75. The quantitative estimate of drug-likeness (QED) is 0.429. The molecule has 1 fully saturated rings. The summed E-state index contributed by atoms with van der Waals surface area (Å²) in [6.45, 7) is 3.20. The molecular weight excluding hydrogens is 507 g/mol. The lowest BCUT2D eigenvalue weighted by molar-refractivity contribution is 0.162. The fourth-order valence-electron chi connectivity index (χ4n) is 5.95. The highest BCUT2D eigenvalue weighted by Crippen LogP contribution is 2.33. The molecule has 0 aliphatic carbocycles. The number of amides is 2. The van der Waals surface area contributed by atoms with E-state index in [0.29, 0.717) is 37.5 Å². The van der Waals surface area contributed by atoms with Crippen LogP contribution >= 0.6 is 0 Å². The molecule has 6 rings (SSSR count). The Morgan fingerprint density at radius 2 is 2.00 bits per heavy atom. The molecule has 0 spiro atoms. The molecule has 4 heterocycles. The van der Waals surface area contributed by atoms with Gasteiger partial charge in [-0.2, -0.15) is 0 Å². The number of carbonyl (C=O) groups is 1. The molecule has 0 saturated carbocycles. The van der Waals surface area contributed by atoms with Crippen molar-refractivity contribution in [2.75, 3.05) is 33.3 Å². The maximum absolute atomic E-state index is 14.5. The van der Waals surface area contributed by atoms with Crippen LogP contribution in [0.3, 0.4) is 0 Å². The summed E-state index contributed by atoms with van der Waals surface area (Å²) in [6, 6.07) is 19.1. The predicted octanol–water partition coefficient (Wildman–Crippen LogP) is 4.38. The van der Waals surface area contributed by atoms with Crippen LogP contribution in [-0.4, -0.2) is 60.1 Å². The van der Waals surface area contributed by atoms with E-state index in [9.17, 15) is 9.18 Å². The van der Waals surface area contributed by atoms with Crippen LogP contribution in [0.2, 0.25) is 0 Å². The van der Waals surface area contributed by atoms with Crippen molar-refractivity contribution in [2.45, 2.75) is 37.9 Å². The molecule has 1 aromatic heterocycles. The Morgan fingerprint density at radius 3 is 2.80 bits per heavy atom. The second-order valence-corrected chi connectivity index (χ2v) is 10.7. The molecule has 9 heteroatoms. The number of pyridine rings is 1. The van der Waals surface area contributed by atoms with Crippen molar-refractivity contribution < 1.29 is 13.9 Å². The number of piperidine rings is 1. The molecule has 3 N–H and O–H groups in total. The predicted molar refractivity (Wildman–Crippen MR) is 152 cm³/mol. The minimum Gasteiger partial charge on any atom is -0.496 e. The van der Waals surface area contributed by atoms with Gasteiger partial charge in [0.2, 0.25) is 0 Å². The molecule has 0 radical (unpaired) electrons. The molecule has 3 aromatic rings. The number of rotatable bonds is 6. The topological polar surface area (TPSA) is 81.8 Å². The third-order valence-electron chi connectivity index (χ3n) is 8.08. The van der Waals surface area contributed by atoms with Gasteiger partial charge in [0.25, 0.3) is 0 Å². The molecule has 2 amide bonds. The number of methoxy groups -OCH3 is 1. The smallest absolute Gasteiger partial charge is 0.317 e. The van der Waals surface area contributed by atoms with Gasteiger partial charge in [0.15, 0.2) is 0 Å². The van der Waals surface area contributed by atoms with E-state index in [1.165, 1.54) is 11.6 Å². The van der Waals surface area contributed by atoms with Crippen LogP contribution in [0.1, 0.15) is 36.4 Å². The summed E-state index contributed by atoms with van der Waals surface area (Å²) in [5.41, 5.74) is 12.7. The van der Waals surface area contributed by atoms with Crippen molar-refractivity contribution in [1.82, 2.24) is 31.0 Å². The molecule has 208 valence electrons. The van der Waals surface area contributed by atoms with Gasteiger partial charge >= 0.3 is 6.03 Å². The minimum atomic E-state index is -0.263. The molecule has 0 bridgehead atoms. The van der Waals surface area contributed by atoms with Crippen LogP contribution in [0.25, 0.3) is 11.3 Å². The van der Waals surface area contributed by atoms with E-state index < -0.39 is 0 Å². The Hall–Kier alpha value is -3.95. The van der Waals surface area contributed by atoms with E-state index in [2.05, 4.69) is 39.3 Å². The summed E-state index contributed by atoms with van der Waals surface area (Å²) in [5.74, 6) is 0.294. The largest absolute Gasteiger partial charge is 0.496 e. The average Bonchev–Trinajstić information content (AvgIpc) is 3.42. The van der Waals surface area contributed by atoms with Crippen LogP contribution in [0, 0.1) is 5.82 Å². The summed E-state index contributed by atoms with van der Waals surface area (Å²) in [4.78, 5) is 22.1. The van der Waals surface area contributed by atoms with E-state index in [-0.39, 0.29) is 23.9 Å². The Balaban J connectivity index is 1.07. The van der Waals surface area contributed by atoms with Gasteiger partial charge in [-0.15, -0.1) is 0 Å². The lowest BCUT2D eigenvalue weighted by atomic mass is 9.96. The number of halogens is 1. The second-order valence-electron chi connectivity index (χ2n) is 10.7. The molecule has 1 unspecified atom stereocenters. The Bertz CT molecular complexity index is 1380. The van der Waals surface area contributed by atoms with Crippen molar-refractivity contribution in [3.05, 3.63) is 95.1 Å². The number of carbonyl (C=O) groups excluding carboxylic acids is 1. The number of hydrogen-bond donors (Lipinski definition) is 3. The summed E-state index contributed by atoms with van der Waals surface area (Å²) in [6.07, 6.45) is 4.53. The fraction of sp³-hybridized carbons (Fsp3) is 0.355. The SMILES string of the molecule is COc1cccc(F)c1CN1CCC[C@@H](NC(=O)N2CCC3=C(C2)C(c2ccc(-c4ccccc4)nc2)NN3)C1. The van der Waals surface area contributed by atoms with Gasteiger partial charge in [0, 0.05) is 61.7 Å². The molecule has 2 atom stereocenters. The number of likely N-dealkylation sites (tertiary alicyclic amines) is 1. The van der Waals surface area contributed by atoms with Crippen molar-refractivity contribution in [3.8, 4) is 17.0 Å². The summed E-state index contributed by atoms with van der Waals surface area (Å²) in [5, 5.41) is 3.25. The van der Waals surface area contributed by atoms with Gasteiger partial charge < -0.3 is 20.4 Å². The second kappa shape index (κ2) is 11.7. The van der Waals surface area contributed by atoms with E-state index in [4.69, 9.17) is 9.72 Å². The highest BCUT2D eigenvalue weighted by Gasteiger charge is 2.34. The first-order valence-electron chi connectivity index (χ1n) is 13.9. The van der Waals surface area contributed by atoms with Crippen LogP contribution in [0.5, 0.6) is 5.75 Å². The molecule has 3 aliphatic rings. The molecule has 2 aromatic carbocycles. The fourth-order valence-corrected chi connectivity index (χ4v) is 5.95. The molecule has 1 saturated heterocycles. The third-order valence-corrected chi connectivity index (χ3v) is 8.08. The summed E-state index contributed by atoms with van der Waals surface area (Å²) >= 11 is 0. The third kappa shape index (κ3) is 5.52. The first kappa shape index (κ1) is 26.3. The van der Waals surface area contributed by atoms with Crippen molar-refractivity contribution in [2.24, 2.45) is 0 Å².